The normalized spacial score (nSPS) is 16.7. The molecule has 1 fully saturated rings. The first-order valence-electron chi connectivity index (χ1n) is 7.83. The quantitative estimate of drug-likeness (QED) is 0.758. The van der Waals surface area contributed by atoms with Gasteiger partial charge in [-0.05, 0) is 70.9 Å². The van der Waals surface area contributed by atoms with Crippen LogP contribution in [0.3, 0.4) is 0 Å². The van der Waals surface area contributed by atoms with Gasteiger partial charge in [0.1, 0.15) is 0 Å². The molecule has 1 aromatic carbocycles. The van der Waals surface area contributed by atoms with Gasteiger partial charge in [0.15, 0.2) is 0 Å². The van der Waals surface area contributed by atoms with Gasteiger partial charge in [0.05, 0.1) is 0 Å². The number of nitrogens with one attached hydrogen (secondary N) is 1. The molecular formula is C17H28N2. The Morgan fingerprint density at radius 3 is 2.47 bits per heavy atom. The van der Waals surface area contributed by atoms with Crippen molar-refractivity contribution in [2.75, 3.05) is 32.7 Å². The first-order valence-corrected chi connectivity index (χ1v) is 7.83. The summed E-state index contributed by atoms with van der Waals surface area (Å²) in [6.45, 7) is 8.32. The fraction of sp³-hybridized carbons (Fsp3) is 0.647. The van der Waals surface area contributed by atoms with Crippen molar-refractivity contribution in [1.82, 2.24) is 10.2 Å². The van der Waals surface area contributed by atoms with Crippen LogP contribution in [0.15, 0.2) is 24.3 Å². The van der Waals surface area contributed by atoms with Crippen LogP contribution < -0.4 is 5.32 Å². The second kappa shape index (κ2) is 8.34. The number of hydrogen-bond acceptors (Lipinski definition) is 2. The molecule has 0 saturated carbocycles. The fourth-order valence-corrected chi connectivity index (χ4v) is 2.72. The predicted molar refractivity (Wildman–Crippen MR) is 82.7 cm³/mol. The molecule has 106 valence electrons. The van der Waals surface area contributed by atoms with Crippen LogP contribution in [0.5, 0.6) is 0 Å². The molecule has 0 unspecified atom stereocenters. The smallest absolute Gasteiger partial charge is 0.000664 e. The molecule has 2 rings (SSSR count). The van der Waals surface area contributed by atoms with E-state index in [0.29, 0.717) is 0 Å². The molecule has 0 amide bonds. The summed E-state index contributed by atoms with van der Waals surface area (Å²) in [7, 11) is 0. The highest BCUT2D eigenvalue weighted by molar-refractivity contribution is 5.21. The lowest BCUT2D eigenvalue weighted by molar-refractivity contribution is 0.226. The third-order valence-corrected chi connectivity index (χ3v) is 3.99. The second-order valence-electron chi connectivity index (χ2n) is 5.74. The van der Waals surface area contributed by atoms with Gasteiger partial charge in [0.25, 0.3) is 0 Å². The van der Waals surface area contributed by atoms with Gasteiger partial charge in [0, 0.05) is 0 Å². The Bertz CT molecular complexity index is 339. The number of rotatable bonds is 7. The topological polar surface area (TPSA) is 15.3 Å². The molecule has 1 heterocycles. The van der Waals surface area contributed by atoms with Crippen LogP contribution in [-0.2, 0) is 6.42 Å². The summed E-state index contributed by atoms with van der Waals surface area (Å²) in [6, 6.07) is 8.88. The van der Waals surface area contributed by atoms with Crippen molar-refractivity contribution in [2.24, 2.45) is 0 Å². The highest BCUT2D eigenvalue weighted by Gasteiger charge is 2.08. The van der Waals surface area contributed by atoms with Gasteiger partial charge in [-0.15, -0.1) is 0 Å². The van der Waals surface area contributed by atoms with E-state index in [1.165, 1.54) is 56.4 Å². The van der Waals surface area contributed by atoms with Crippen molar-refractivity contribution in [3.63, 3.8) is 0 Å². The van der Waals surface area contributed by atoms with Crippen LogP contribution in [0.2, 0.25) is 0 Å². The Balaban J connectivity index is 1.49. The molecule has 0 bridgehead atoms. The van der Waals surface area contributed by atoms with Crippen LogP contribution >= 0.6 is 0 Å². The maximum Gasteiger partial charge on any atom is -0.000664 e. The van der Waals surface area contributed by atoms with Crippen molar-refractivity contribution in [3.05, 3.63) is 35.4 Å². The summed E-state index contributed by atoms with van der Waals surface area (Å²) >= 11 is 0. The Kier molecular flexibility index (Phi) is 6.38. The standard InChI is InChI=1S/C17H28N2/c1-16-6-8-17(9-7-16)10-12-18-11-5-15-19-13-3-2-4-14-19/h6-9,18H,2-5,10-15H2,1H3. The van der Waals surface area contributed by atoms with E-state index in [4.69, 9.17) is 0 Å². The molecule has 0 aromatic heterocycles. The minimum Gasteiger partial charge on any atom is -0.316 e. The van der Waals surface area contributed by atoms with Crippen molar-refractivity contribution >= 4 is 0 Å². The molecule has 0 aliphatic carbocycles. The largest absolute Gasteiger partial charge is 0.316 e. The first kappa shape index (κ1) is 14.5. The molecule has 1 aliphatic rings. The van der Waals surface area contributed by atoms with E-state index in [2.05, 4.69) is 41.4 Å². The zero-order valence-electron chi connectivity index (χ0n) is 12.3. The number of piperidine rings is 1. The van der Waals surface area contributed by atoms with Gasteiger partial charge in [-0.25, -0.2) is 0 Å². The Labute approximate surface area is 118 Å². The third-order valence-electron chi connectivity index (χ3n) is 3.99. The van der Waals surface area contributed by atoms with E-state index >= 15 is 0 Å². The molecule has 19 heavy (non-hydrogen) atoms. The molecule has 2 nitrogen and oxygen atoms in total. The van der Waals surface area contributed by atoms with E-state index in [9.17, 15) is 0 Å². The molecule has 0 atom stereocenters. The predicted octanol–water partition coefficient (Wildman–Crippen LogP) is 3.00. The lowest BCUT2D eigenvalue weighted by Gasteiger charge is -2.26. The molecule has 1 N–H and O–H groups in total. The van der Waals surface area contributed by atoms with Gasteiger partial charge in [-0.1, -0.05) is 36.2 Å². The number of aryl methyl sites for hydroxylation is 1. The lowest BCUT2D eigenvalue weighted by atomic mass is 10.1. The summed E-state index contributed by atoms with van der Waals surface area (Å²) < 4.78 is 0. The van der Waals surface area contributed by atoms with Gasteiger partial charge >= 0.3 is 0 Å². The minimum atomic E-state index is 1.10. The monoisotopic (exact) mass is 260 g/mol. The number of likely N-dealkylation sites (tertiary alicyclic amines) is 1. The molecule has 0 spiro atoms. The van der Waals surface area contributed by atoms with Crippen LogP contribution in [0, 0.1) is 6.92 Å². The molecule has 1 aliphatic heterocycles. The number of hydrogen-bond donors (Lipinski definition) is 1. The summed E-state index contributed by atoms with van der Waals surface area (Å²) in [6.07, 6.45) is 6.67. The Morgan fingerprint density at radius 2 is 1.74 bits per heavy atom. The average Bonchev–Trinajstić information content (AvgIpc) is 2.46. The number of nitrogens with zero attached hydrogens (tertiary/aromatic N) is 1. The Hall–Kier alpha value is -0.860. The highest BCUT2D eigenvalue weighted by atomic mass is 15.1. The van der Waals surface area contributed by atoms with Crippen molar-refractivity contribution in [2.45, 2.75) is 39.0 Å². The van der Waals surface area contributed by atoms with Crippen molar-refractivity contribution in [1.29, 1.82) is 0 Å². The second-order valence-corrected chi connectivity index (χ2v) is 5.74. The molecule has 1 saturated heterocycles. The lowest BCUT2D eigenvalue weighted by Crippen LogP contribution is -2.32. The van der Waals surface area contributed by atoms with E-state index in [0.717, 1.165) is 19.5 Å². The van der Waals surface area contributed by atoms with Gasteiger partial charge < -0.3 is 10.2 Å². The Morgan fingerprint density at radius 1 is 1.00 bits per heavy atom. The number of benzene rings is 1. The zero-order chi connectivity index (χ0) is 13.3. The van der Waals surface area contributed by atoms with Gasteiger partial charge in [-0.2, -0.15) is 0 Å². The van der Waals surface area contributed by atoms with Crippen LogP contribution in [0.1, 0.15) is 36.8 Å². The fourth-order valence-electron chi connectivity index (χ4n) is 2.72. The van der Waals surface area contributed by atoms with Gasteiger partial charge in [-0.3, -0.25) is 0 Å². The summed E-state index contributed by atoms with van der Waals surface area (Å²) in [4.78, 5) is 2.62. The van der Waals surface area contributed by atoms with E-state index in [1.54, 1.807) is 0 Å². The van der Waals surface area contributed by atoms with Crippen LogP contribution in [0.4, 0.5) is 0 Å². The van der Waals surface area contributed by atoms with Gasteiger partial charge in [0.2, 0.25) is 0 Å². The van der Waals surface area contributed by atoms with Crippen LogP contribution in [0.25, 0.3) is 0 Å². The van der Waals surface area contributed by atoms with Crippen molar-refractivity contribution in [3.8, 4) is 0 Å². The minimum absolute atomic E-state index is 1.10. The third kappa shape index (κ3) is 5.75. The molecule has 1 aromatic rings. The maximum absolute atomic E-state index is 3.56. The summed E-state index contributed by atoms with van der Waals surface area (Å²) in [5.74, 6) is 0. The highest BCUT2D eigenvalue weighted by Crippen LogP contribution is 2.08. The molecule has 2 heteroatoms. The van der Waals surface area contributed by atoms with Crippen LogP contribution in [-0.4, -0.2) is 37.6 Å². The molecule has 0 radical (unpaired) electrons. The van der Waals surface area contributed by atoms with Crippen molar-refractivity contribution < 1.29 is 0 Å². The van der Waals surface area contributed by atoms with E-state index in [1.807, 2.05) is 0 Å². The molecular weight excluding hydrogens is 232 g/mol. The first-order chi connectivity index (χ1) is 9.34. The SMILES string of the molecule is Cc1ccc(CCNCCCN2CCCCC2)cc1. The summed E-state index contributed by atoms with van der Waals surface area (Å²) in [5.41, 5.74) is 2.78. The van der Waals surface area contributed by atoms with E-state index in [-0.39, 0.29) is 0 Å². The zero-order valence-corrected chi connectivity index (χ0v) is 12.3. The average molecular weight is 260 g/mol. The van der Waals surface area contributed by atoms with E-state index < -0.39 is 0 Å². The summed E-state index contributed by atoms with van der Waals surface area (Å²) in [5, 5.41) is 3.56. The maximum atomic E-state index is 3.56.